The molecule has 172 valence electrons. The predicted molar refractivity (Wildman–Crippen MR) is 113 cm³/mol. The molecular weight excluding hydrogens is 517 g/mol. The Kier molecular flexibility index (Phi) is 8.25. The molecule has 13 heteroatoms. The summed E-state index contributed by atoms with van der Waals surface area (Å²) in [6.07, 6.45) is 0.553. The Bertz CT molecular complexity index is 1010. The van der Waals surface area contributed by atoms with E-state index in [2.05, 4.69) is 31.0 Å². The SMILES string of the molecule is N/N=C(\C=[NH+]C1C(O)[C@@H](Sc2cncc(Br)c2)OC(CO)[C@@H]1O)c1cc(F)c(F)c(F)c1. The van der Waals surface area contributed by atoms with Gasteiger partial charge in [-0.3, -0.25) is 4.98 Å². The average Bonchev–Trinajstić information content (AvgIpc) is 2.76. The Morgan fingerprint density at radius 2 is 1.91 bits per heavy atom. The lowest BCUT2D eigenvalue weighted by Crippen LogP contribution is -2.87. The van der Waals surface area contributed by atoms with Gasteiger partial charge in [0.05, 0.1) is 6.61 Å². The molecule has 1 aromatic heterocycles. The van der Waals surface area contributed by atoms with Crippen molar-refractivity contribution in [2.45, 2.75) is 34.7 Å². The number of rotatable bonds is 6. The van der Waals surface area contributed by atoms with Gasteiger partial charge in [0, 0.05) is 27.3 Å². The third-order valence-electron chi connectivity index (χ3n) is 4.65. The van der Waals surface area contributed by atoms with Crippen LogP contribution in [0.2, 0.25) is 0 Å². The lowest BCUT2D eigenvalue weighted by atomic mass is 9.98. The van der Waals surface area contributed by atoms with Crippen LogP contribution in [0.15, 0.2) is 45.1 Å². The highest BCUT2D eigenvalue weighted by Crippen LogP contribution is 2.33. The Morgan fingerprint density at radius 3 is 2.50 bits per heavy atom. The lowest BCUT2D eigenvalue weighted by molar-refractivity contribution is -0.537. The molecule has 0 radical (unpaired) electrons. The highest BCUT2D eigenvalue weighted by molar-refractivity contribution is 9.10. The number of aromatic nitrogens is 1. The number of aliphatic hydroxyl groups is 3. The van der Waals surface area contributed by atoms with Gasteiger partial charge in [-0.15, -0.1) is 0 Å². The summed E-state index contributed by atoms with van der Waals surface area (Å²) in [5.74, 6) is 0.799. The first-order valence-corrected chi connectivity index (χ1v) is 10.8. The van der Waals surface area contributed by atoms with Crippen LogP contribution in [-0.2, 0) is 4.74 Å². The molecule has 5 atom stereocenters. The molecule has 0 amide bonds. The number of nitrogens with zero attached hydrogens (tertiary/aromatic N) is 2. The minimum atomic E-state index is -1.64. The van der Waals surface area contributed by atoms with Crippen LogP contribution in [0.5, 0.6) is 0 Å². The van der Waals surface area contributed by atoms with Crippen LogP contribution in [0.4, 0.5) is 13.2 Å². The Morgan fingerprint density at radius 1 is 1.22 bits per heavy atom. The summed E-state index contributed by atoms with van der Waals surface area (Å²) in [5, 5.41) is 34.3. The van der Waals surface area contributed by atoms with Crippen molar-refractivity contribution < 1.29 is 38.2 Å². The fraction of sp³-hybridized carbons (Fsp3) is 0.316. The largest absolute Gasteiger partial charge is 0.394 e. The maximum absolute atomic E-state index is 13.6. The number of nitrogens with two attached hydrogens (primary N) is 1. The Balaban J connectivity index is 1.85. The number of nitrogens with one attached hydrogen (secondary N) is 1. The normalized spacial score (nSPS) is 26.6. The van der Waals surface area contributed by atoms with E-state index in [4.69, 9.17) is 10.6 Å². The van der Waals surface area contributed by atoms with Gasteiger partial charge in [0.2, 0.25) is 6.04 Å². The number of benzene rings is 1. The second-order valence-electron chi connectivity index (χ2n) is 6.77. The summed E-state index contributed by atoms with van der Waals surface area (Å²) in [5.41, 5.74) is -1.25. The maximum Gasteiger partial charge on any atom is 0.208 e. The summed E-state index contributed by atoms with van der Waals surface area (Å²) in [6.45, 7) is -0.536. The van der Waals surface area contributed by atoms with E-state index in [0.29, 0.717) is 21.5 Å². The summed E-state index contributed by atoms with van der Waals surface area (Å²) in [6, 6.07) is 2.08. The molecule has 0 saturated carbocycles. The maximum atomic E-state index is 13.6. The Hall–Kier alpha value is -2.03. The zero-order valence-corrected chi connectivity index (χ0v) is 18.6. The molecule has 6 N–H and O–H groups in total. The van der Waals surface area contributed by atoms with Crippen LogP contribution in [-0.4, -0.2) is 68.6 Å². The first-order valence-electron chi connectivity index (χ1n) is 9.16. The van der Waals surface area contributed by atoms with Crippen molar-refractivity contribution in [2.24, 2.45) is 10.9 Å². The van der Waals surface area contributed by atoms with Gasteiger partial charge in [0.1, 0.15) is 17.6 Å². The zero-order valence-electron chi connectivity index (χ0n) is 16.2. The zero-order chi connectivity index (χ0) is 23.4. The molecule has 8 nitrogen and oxygen atoms in total. The van der Waals surface area contributed by atoms with E-state index in [1.807, 2.05) is 0 Å². The van der Waals surface area contributed by atoms with E-state index in [1.165, 1.54) is 0 Å². The van der Waals surface area contributed by atoms with Crippen LogP contribution < -0.4 is 10.8 Å². The molecule has 32 heavy (non-hydrogen) atoms. The minimum Gasteiger partial charge on any atom is -0.394 e. The van der Waals surface area contributed by atoms with Crippen molar-refractivity contribution in [2.75, 3.05) is 6.61 Å². The molecule has 0 spiro atoms. The molecule has 1 aromatic carbocycles. The summed E-state index contributed by atoms with van der Waals surface area (Å²) < 4.78 is 46.7. The van der Waals surface area contributed by atoms with Crippen molar-refractivity contribution in [1.29, 1.82) is 0 Å². The average molecular weight is 536 g/mol. The molecule has 2 aromatic rings. The van der Waals surface area contributed by atoms with Gasteiger partial charge in [-0.2, -0.15) is 5.10 Å². The smallest absolute Gasteiger partial charge is 0.208 e. The third kappa shape index (κ3) is 5.47. The van der Waals surface area contributed by atoms with E-state index in [0.717, 1.165) is 18.0 Å². The Labute approximate surface area is 193 Å². The monoisotopic (exact) mass is 535 g/mol. The summed E-state index contributed by atoms with van der Waals surface area (Å²) >= 11 is 4.41. The number of halogens is 4. The van der Waals surface area contributed by atoms with Crippen LogP contribution in [0, 0.1) is 17.5 Å². The molecule has 0 bridgehead atoms. The number of aliphatic hydroxyl groups excluding tert-OH is 3. The fourth-order valence-corrected chi connectivity index (χ4v) is 4.65. The first-order chi connectivity index (χ1) is 15.2. The van der Waals surface area contributed by atoms with Gasteiger partial charge >= 0.3 is 0 Å². The van der Waals surface area contributed by atoms with Gasteiger partial charge in [-0.05, 0) is 34.1 Å². The molecular formula is C19H19BrF3N4O4S+. The number of pyridine rings is 1. The van der Waals surface area contributed by atoms with Gasteiger partial charge in [0.15, 0.2) is 35.5 Å². The van der Waals surface area contributed by atoms with Crippen molar-refractivity contribution >= 4 is 39.6 Å². The fourth-order valence-electron chi connectivity index (χ4n) is 3.05. The highest BCUT2D eigenvalue weighted by Gasteiger charge is 2.48. The molecule has 1 aliphatic rings. The van der Waals surface area contributed by atoms with Crippen molar-refractivity contribution in [3.05, 3.63) is 58.1 Å². The quantitative estimate of drug-likeness (QED) is 0.148. The summed E-state index contributed by atoms with van der Waals surface area (Å²) in [4.78, 5) is 7.39. The molecule has 1 fully saturated rings. The standard InChI is InChI=1S/C19H18BrF3N4O4S/c20-9-3-10(5-25-4-9)32-19-18(30)16(17(29)14(7-28)31-19)26-6-13(27-24)8-1-11(21)15(23)12(22)2-8/h1-6,14,16-19,28-30H,7,24H2/p+1/b26-6?,27-13+/t14?,16?,17-,18?,19+/m0/s1. The first kappa shape index (κ1) is 24.6. The molecule has 3 unspecified atom stereocenters. The predicted octanol–water partition coefficient (Wildman–Crippen LogP) is -0.324. The van der Waals surface area contributed by atoms with E-state index >= 15 is 0 Å². The van der Waals surface area contributed by atoms with Crippen LogP contribution in [0.3, 0.4) is 0 Å². The van der Waals surface area contributed by atoms with Crippen molar-refractivity contribution in [3.8, 4) is 0 Å². The number of hydrazone groups is 1. The third-order valence-corrected chi connectivity index (χ3v) is 6.20. The second kappa shape index (κ2) is 10.7. The highest BCUT2D eigenvalue weighted by atomic mass is 79.9. The summed E-state index contributed by atoms with van der Waals surface area (Å²) in [7, 11) is 0. The second-order valence-corrected chi connectivity index (χ2v) is 8.86. The number of thioether (sulfide) groups is 1. The minimum absolute atomic E-state index is 0.169. The van der Waals surface area contributed by atoms with Crippen LogP contribution >= 0.6 is 27.7 Å². The lowest BCUT2D eigenvalue weighted by Gasteiger charge is -2.37. The number of hydrogen-bond acceptors (Lipinski definition) is 8. The topological polar surface area (TPSA) is 135 Å². The number of hydrogen-bond donors (Lipinski definition) is 5. The number of ether oxygens (including phenoxy) is 1. The molecule has 0 aliphatic carbocycles. The van der Waals surface area contributed by atoms with Crippen molar-refractivity contribution in [1.82, 2.24) is 4.98 Å². The van der Waals surface area contributed by atoms with Gasteiger partial charge in [-0.25, -0.2) is 18.2 Å². The van der Waals surface area contributed by atoms with E-state index in [-0.39, 0.29) is 11.3 Å². The molecule has 3 rings (SSSR count). The molecule has 1 saturated heterocycles. The van der Waals surface area contributed by atoms with Crippen LogP contribution in [0.1, 0.15) is 5.56 Å². The van der Waals surface area contributed by atoms with E-state index < -0.39 is 53.8 Å². The molecule has 2 heterocycles. The van der Waals surface area contributed by atoms with Gasteiger partial charge in [0.25, 0.3) is 0 Å². The van der Waals surface area contributed by atoms with E-state index in [1.54, 1.807) is 18.5 Å². The van der Waals surface area contributed by atoms with Gasteiger partial charge in [-0.1, -0.05) is 11.8 Å². The van der Waals surface area contributed by atoms with Crippen LogP contribution in [0.25, 0.3) is 0 Å². The van der Waals surface area contributed by atoms with E-state index in [9.17, 15) is 28.5 Å². The van der Waals surface area contributed by atoms with Crippen molar-refractivity contribution in [3.63, 3.8) is 0 Å². The van der Waals surface area contributed by atoms with Gasteiger partial charge < -0.3 is 25.9 Å². The molecule has 1 aliphatic heterocycles.